The maximum Gasteiger partial charge on any atom is 0.132 e. The Morgan fingerprint density at radius 3 is 2.71 bits per heavy atom. The van der Waals surface area contributed by atoms with Gasteiger partial charge in [0, 0.05) is 18.3 Å². The summed E-state index contributed by atoms with van der Waals surface area (Å²) < 4.78 is 0. The van der Waals surface area contributed by atoms with E-state index in [0.717, 1.165) is 17.1 Å². The maximum atomic E-state index is 6.02. The van der Waals surface area contributed by atoms with Crippen LogP contribution in [-0.2, 0) is 0 Å². The van der Waals surface area contributed by atoms with E-state index < -0.39 is 0 Å². The number of aryl methyl sites for hydroxylation is 1. The molecule has 0 spiro atoms. The molecule has 0 fully saturated rings. The van der Waals surface area contributed by atoms with Crippen LogP contribution in [0.15, 0.2) is 36.5 Å². The molecule has 0 saturated heterocycles. The van der Waals surface area contributed by atoms with Crippen LogP contribution < -0.4 is 10.6 Å². The van der Waals surface area contributed by atoms with Crippen molar-refractivity contribution in [3.8, 4) is 0 Å². The normalized spacial score (nSPS) is 10.3. The average Bonchev–Trinajstić information content (AvgIpc) is 2.34. The Balaban J connectivity index is 2.44. The smallest absolute Gasteiger partial charge is 0.132 e. The van der Waals surface area contributed by atoms with Crippen molar-refractivity contribution >= 4 is 28.8 Å². The number of halogens is 1. The van der Waals surface area contributed by atoms with Crippen LogP contribution in [0.2, 0.25) is 5.02 Å². The molecule has 0 radical (unpaired) electrons. The fraction of sp³-hybridized carbons (Fsp3) is 0.154. The molecule has 0 saturated carbocycles. The first-order valence-electron chi connectivity index (χ1n) is 5.30. The standard InChI is InChI=1S/C13H14ClN3/c1-9-7-12(11(15)8-10(9)14)17(2)13-5-3-4-6-16-13/h3-8H,15H2,1-2H3. The lowest BCUT2D eigenvalue weighted by Crippen LogP contribution is -2.13. The first kappa shape index (κ1) is 11.7. The Kier molecular flexibility index (Phi) is 3.20. The summed E-state index contributed by atoms with van der Waals surface area (Å²) in [5.74, 6) is 0.848. The Labute approximate surface area is 106 Å². The molecule has 0 amide bonds. The van der Waals surface area contributed by atoms with E-state index in [1.807, 2.05) is 43.1 Å². The van der Waals surface area contributed by atoms with Gasteiger partial charge in [0.05, 0.1) is 11.4 Å². The molecule has 0 aliphatic rings. The van der Waals surface area contributed by atoms with Crippen LogP contribution in [0.1, 0.15) is 5.56 Å². The number of nitrogens with zero attached hydrogens (tertiary/aromatic N) is 2. The molecule has 1 heterocycles. The van der Waals surface area contributed by atoms with Crippen molar-refractivity contribution in [2.45, 2.75) is 6.92 Å². The predicted octanol–water partition coefficient (Wildman–Crippen LogP) is 3.39. The van der Waals surface area contributed by atoms with E-state index in [4.69, 9.17) is 17.3 Å². The predicted molar refractivity (Wildman–Crippen MR) is 72.9 cm³/mol. The van der Waals surface area contributed by atoms with Gasteiger partial charge in [0.25, 0.3) is 0 Å². The van der Waals surface area contributed by atoms with Crippen molar-refractivity contribution < 1.29 is 0 Å². The van der Waals surface area contributed by atoms with Crippen LogP contribution in [0, 0.1) is 6.92 Å². The number of nitrogens with two attached hydrogens (primary N) is 1. The molecule has 1 aromatic heterocycles. The van der Waals surface area contributed by atoms with Gasteiger partial charge in [-0.25, -0.2) is 4.98 Å². The monoisotopic (exact) mass is 247 g/mol. The quantitative estimate of drug-likeness (QED) is 0.827. The molecule has 2 rings (SSSR count). The fourth-order valence-electron chi connectivity index (χ4n) is 1.65. The molecule has 0 aliphatic heterocycles. The molecule has 4 heteroatoms. The summed E-state index contributed by atoms with van der Waals surface area (Å²) in [7, 11) is 1.93. The van der Waals surface area contributed by atoms with Gasteiger partial charge >= 0.3 is 0 Å². The van der Waals surface area contributed by atoms with Crippen LogP contribution in [0.3, 0.4) is 0 Å². The molecular weight excluding hydrogens is 234 g/mol. The largest absolute Gasteiger partial charge is 0.397 e. The first-order chi connectivity index (χ1) is 8.09. The van der Waals surface area contributed by atoms with E-state index in [-0.39, 0.29) is 0 Å². The second-order valence-electron chi connectivity index (χ2n) is 3.91. The van der Waals surface area contributed by atoms with Crippen LogP contribution in [-0.4, -0.2) is 12.0 Å². The first-order valence-corrected chi connectivity index (χ1v) is 5.68. The topological polar surface area (TPSA) is 42.2 Å². The third-order valence-electron chi connectivity index (χ3n) is 2.66. The van der Waals surface area contributed by atoms with Crippen LogP contribution >= 0.6 is 11.6 Å². The zero-order valence-corrected chi connectivity index (χ0v) is 10.6. The molecule has 2 N–H and O–H groups in total. The third-order valence-corrected chi connectivity index (χ3v) is 3.07. The van der Waals surface area contributed by atoms with Crippen molar-refractivity contribution in [1.82, 2.24) is 4.98 Å². The fourth-order valence-corrected chi connectivity index (χ4v) is 1.82. The van der Waals surface area contributed by atoms with Crippen molar-refractivity contribution in [3.63, 3.8) is 0 Å². The lowest BCUT2D eigenvalue weighted by molar-refractivity contribution is 1.13. The Morgan fingerprint density at radius 2 is 2.06 bits per heavy atom. The van der Waals surface area contributed by atoms with Crippen LogP contribution in [0.4, 0.5) is 17.2 Å². The van der Waals surface area contributed by atoms with E-state index in [0.29, 0.717) is 10.7 Å². The minimum atomic E-state index is 0.647. The van der Waals surface area contributed by atoms with Gasteiger partial charge in [-0.3, -0.25) is 0 Å². The lowest BCUT2D eigenvalue weighted by Gasteiger charge is -2.21. The number of nitrogen functional groups attached to an aromatic ring is 1. The van der Waals surface area contributed by atoms with Crippen LogP contribution in [0.25, 0.3) is 0 Å². The molecule has 0 bridgehead atoms. The SMILES string of the molecule is Cc1cc(N(C)c2ccccn2)c(N)cc1Cl. The number of aromatic nitrogens is 1. The van der Waals surface area contributed by atoms with Gasteiger partial charge in [-0.1, -0.05) is 17.7 Å². The molecule has 1 aromatic carbocycles. The summed E-state index contributed by atoms with van der Waals surface area (Å²) in [6, 6.07) is 9.49. The Bertz CT molecular complexity index is 526. The highest BCUT2D eigenvalue weighted by molar-refractivity contribution is 6.31. The van der Waals surface area contributed by atoms with Crippen molar-refractivity contribution in [2.75, 3.05) is 17.7 Å². The third kappa shape index (κ3) is 2.34. The maximum absolute atomic E-state index is 6.02. The molecular formula is C13H14ClN3. The van der Waals surface area contributed by atoms with Crippen molar-refractivity contribution in [2.24, 2.45) is 0 Å². The average molecular weight is 248 g/mol. The van der Waals surface area contributed by atoms with Crippen molar-refractivity contribution in [3.05, 3.63) is 47.1 Å². The van der Waals surface area contributed by atoms with Crippen LogP contribution in [0.5, 0.6) is 0 Å². The Morgan fingerprint density at radius 1 is 1.29 bits per heavy atom. The summed E-state index contributed by atoms with van der Waals surface area (Å²) in [4.78, 5) is 6.23. The second-order valence-corrected chi connectivity index (χ2v) is 4.31. The number of benzene rings is 1. The lowest BCUT2D eigenvalue weighted by atomic mass is 10.2. The van der Waals surface area contributed by atoms with Gasteiger partial charge in [0.15, 0.2) is 0 Å². The minimum Gasteiger partial charge on any atom is -0.397 e. The van der Waals surface area contributed by atoms with E-state index in [9.17, 15) is 0 Å². The summed E-state index contributed by atoms with van der Waals surface area (Å²) in [6.07, 6.45) is 1.75. The van der Waals surface area contributed by atoms with E-state index in [1.54, 1.807) is 12.3 Å². The highest BCUT2D eigenvalue weighted by Gasteiger charge is 2.10. The number of hydrogen-bond acceptors (Lipinski definition) is 3. The van der Waals surface area contributed by atoms with Gasteiger partial charge in [0.2, 0.25) is 0 Å². The number of rotatable bonds is 2. The number of pyridine rings is 1. The number of anilines is 3. The van der Waals surface area contributed by atoms with E-state index in [1.165, 1.54) is 0 Å². The van der Waals surface area contributed by atoms with E-state index >= 15 is 0 Å². The highest BCUT2D eigenvalue weighted by Crippen LogP contribution is 2.32. The molecule has 3 nitrogen and oxygen atoms in total. The van der Waals surface area contributed by atoms with Crippen molar-refractivity contribution in [1.29, 1.82) is 0 Å². The second kappa shape index (κ2) is 4.63. The van der Waals surface area contributed by atoms with Gasteiger partial charge in [-0.05, 0) is 36.8 Å². The summed E-state index contributed by atoms with van der Waals surface area (Å²) in [5.41, 5.74) is 8.53. The van der Waals surface area contributed by atoms with E-state index in [2.05, 4.69) is 4.98 Å². The number of hydrogen-bond donors (Lipinski definition) is 1. The summed E-state index contributed by atoms with van der Waals surface area (Å²) in [5, 5.41) is 0.681. The molecule has 2 aromatic rings. The highest BCUT2D eigenvalue weighted by atomic mass is 35.5. The van der Waals surface area contributed by atoms with Gasteiger partial charge < -0.3 is 10.6 Å². The van der Waals surface area contributed by atoms with Gasteiger partial charge in [-0.15, -0.1) is 0 Å². The molecule has 0 atom stereocenters. The molecule has 17 heavy (non-hydrogen) atoms. The zero-order chi connectivity index (χ0) is 12.4. The molecule has 0 unspecified atom stereocenters. The summed E-state index contributed by atoms with van der Waals surface area (Å²) >= 11 is 6.02. The minimum absolute atomic E-state index is 0.647. The molecule has 88 valence electrons. The van der Waals surface area contributed by atoms with Gasteiger partial charge in [-0.2, -0.15) is 0 Å². The van der Waals surface area contributed by atoms with Gasteiger partial charge in [0.1, 0.15) is 5.82 Å². The summed E-state index contributed by atoms with van der Waals surface area (Å²) in [6.45, 7) is 1.96. The molecule has 0 aliphatic carbocycles. The zero-order valence-electron chi connectivity index (χ0n) is 9.81. The Hall–Kier alpha value is -1.74.